The molecular formula is C25H35ClN4O3. The lowest BCUT2D eigenvalue weighted by molar-refractivity contribution is -0.157. The number of likely N-dealkylation sites (tertiary alicyclic amines) is 1. The van der Waals surface area contributed by atoms with E-state index in [9.17, 15) is 4.79 Å². The molecule has 4 rings (SSSR count). The monoisotopic (exact) mass is 474 g/mol. The average Bonchev–Trinajstić information content (AvgIpc) is 3.05. The maximum absolute atomic E-state index is 13.2. The molecule has 2 saturated heterocycles. The molecule has 3 heterocycles. The van der Waals surface area contributed by atoms with Gasteiger partial charge in [-0.05, 0) is 57.4 Å². The predicted octanol–water partition coefficient (Wildman–Crippen LogP) is 3.74. The summed E-state index contributed by atoms with van der Waals surface area (Å²) in [6, 6.07) is 7.33. The van der Waals surface area contributed by atoms with Gasteiger partial charge >= 0.3 is 0 Å². The minimum Gasteiger partial charge on any atom is -0.491 e. The number of aromatic nitrogens is 2. The molecule has 2 aliphatic rings. The standard InChI is InChI=1S/C25H35ClN4O3/c1-19-23(20(2)28(3)27-19)16-29-13-14-33-25(17-29,15-24(31)30-11-5-4-6-12-30)18-32-22-9-7-21(26)8-10-22/h7-10H,4-6,11-18H2,1-3H3/t25-/m1/s1. The summed E-state index contributed by atoms with van der Waals surface area (Å²) in [7, 11) is 1.98. The third-order valence-corrected chi connectivity index (χ3v) is 7.12. The molecule has 2 fully saturated rings. The number of piperidine rings is 1. The quantitative estimate of drug-likeness (QED) is 0.611. The molecule has 1 atom stereocenters. The van der Waals surface area contributed by atoms with Gasteiger partial charge in [-0.25, -0.2) is 0 Å². The van der Waals surface area contributed by atoms with Crippen LogP contribution in [0.25, 0.3) is 0 Å². The molecule has 33 heavy (non-hydrogen) atoms. The molecule has 7 nitrogen and oxygen atoms in total. The second kappa shape index (κ2) is 10.5. The van der Waals surface area contributed by atoms with Crippen molar-refractivity contribution >= 4 is 17.5 Å². The van der Waals surface area contributed by atoms with E-state index >= 15 is 0 Å². The number of morpholine rings is 1. The van der Waals surface area contributed by atoms with Crippen molar-refractivity contribution in [3.8, 4) is 5.75 Å². The van der Waals surface area contributed by atoms with Gasteiger partial charge in [-0.1, -0.05) is 11.6 Å². The van der Waals surface area contributed by atoms with E-state index in [1.54, 1.807) is 0 Å². The Kier molecular flexibility index (Phi) is 7.62. The van der Waals surface area contributed by atoms with Gasteiger partial charge in [-0.15, -0.1) is 0 Å². The Bertz CT molecular complexity index is 955. The molecular weight excluding hydrogens is 440 g/mol. The summed E-state index contributed by atoms with van der Waals surface area (Å²) in [5.41, 5.74) is 2.77. The van der Waals surface area contributed by atoms with Crippen LogP contribution in [0.3, 0.4) is 0 Å². The number of amides is 1. The first-order valence-electron chi connectivity index (χ1n) is 11.9. The van der Waals surface area contributed by atoms with Gasteiger partial charge in [0.25, 0.3) is 0 Å². The molecule has 1 aromatic heterocycles. The summed E-state index contributed by atoms with van der Waals surface area (Å²) in [6.45, 7) is 8.95. The van der Waals surface area contributed by atoms with Gasteiger partial charge in [-0.3, -0.25) is 14.4 Å². The van der Waals surface area contributed by atoms with Gasteiger partial charge in [0.2, 0.25) is 5.91 Å². The smallest absolute Gasteiger partial charge is 0.225 e. The molecule has 180 valence electrons. The third kappa shape index (κ3) is 5.89. The zero-order chi connectivity index (χ0) is 23.4. The molecule has 0 unspecified atom stereocenters. The van der Waals surface area contributed by atoms with Crippen molar-refractivity contribution in [3.05, 3.63) is 46.2 Å². The summed E-state index contributed by atoms with van der Waals surface area (Å²) < 4.78 is 14.4. The molecule has 0 N–H and O–H groups in total. The maximum Gasteiger partial charge on any atom is 0.225 e. The van der Waals surface area contributed by atoms with E-state index in [0.717, 1.165) is 50.5 Å². The molecule has 2 aromatic rings. The first kappa shape index (κ1) is 24.0. The SMILES string of the molecule is Cc1nn(C)c(C)c1CN1CCO[C@](COc2ccc(Cl)cc2)(CC(=O)N2CCCCC2)C1. The number of halogens is 1. The van der Waals surface area contributed by atoms with Crippen LogP contribution in [0.2, 0.25) is 5.02 Å². The van der Waals surface area contributed by atoms with Crippen LogP contribution in [0.15, 0.2) is 24.3 Å². The highest BCUT2D eigenvalue weighted by molar-refractivity contribution is 6.30. The van der Waals surface area contributed by atoms with E-state index in [2.05, 4.69) is 23.8 Å². The number of aryl methyl sites for hydroxylation is 2. The number of carbonyl (C=O) groups excluding carboxylic acids is 1. The molecule has 8 heteroatoms. The second-order valence-electron chi connectivity index (χ2n) is 9.38. The van der Waals surface area contributed by atoms with Gasteiger partial charge in [0.05, 0.1) is 18.7 Å². The van der Waals surface area contributed by atoms with Crippen LogP contribution >= 0.6 is 11.6 Å². The highest BCUT2D eigenvalue weighted by atomic mass is 35.5. The Hall–Kier alpha value is -2.09. The zero-order valence-corrected chi connectivity index (χ0v) is 20.7. The largest absolute Gasteiger partial charge is 0.491 e. The van der Waals surface area contributed by atoms with E-state index in [1.165, 1.54) is 17.7 Å². The van der Waals surface area contributed by atoms with Crippen LogP contribution in [-0.2, 0) is 23.1 Å². The van der Waals surface area contributed by atoms with Crippen LogP contribution in [0.5, 0.6) is 5.75 Å². The van der Waals surface area contributed by atoms with E-state index in [4.69, 9.17) is 21.1 Å². The van der Waals surface area contributed by atoms with Gasteiger partial charge in [-0.2, -0.15) is 5.10 Å². The van der Waals surface area contributed by atoms with Crippen molar-refractivity contribution in [1.82, 2.24) is 19.6 Å². The van der Waals surface area contributed by atoms with Crippen molar-refractivity contribution in [2.24, 2.45) is 7.05 Å². The van der Waals surface area contributed by atoms with Gasteiger partial charge in [0.1, 0.15) is 18.0 Å². The van der Waals surface area contributed by atoms with Crippen LogP contribution < -0.4 is 4.74 Å². The Morgan fingerprint density at radius 2 is 1.88 bits per heavy atom. The number of benzene rings is 1. The maximum atomic E-state index is 13.2. The first-order valence-corrected chi connectivity index (χ1v) is 12.2. The highest BCUT2D eigenvalue weighted by Gasteiger charge is 2.41. The molecule has 1 aromatic carbocycles. The number of rotatable bonds is 7. The van der Waals surface area contributed by atoms with E-state index in [0.29, 0.717) is 31.2 Å². The molecule has 2 aliphatic heterocycles. The molecule has 1 amide bonds. The summed E-state index contributed by atoms with van der Waals surface area (Å²) in [6.07, 6.45) is 3.67. The van der Waals surface area contributed by atoms with Crippen LogP contribution in [-0.4, -0.2) is 70.5 Å². The molecule has 0 bridgehead atoms. The summed E-state index contributed by atoms with van der Waals surface area (Å²) in [5, 5.41) is 5.23. The van der Waals surface area contributed by atoms with Gasteiger partial charge in [0, 0.05) is 56.1 Å². The van der Waals surface area contributed by atoms with Crippen molar-refractivity contribution < 1.29 is 14.3 Å². The molecule has 0 aliphatic carbocycles. The lowest BCUT2D eigenvalue weighted by Gasteiger charge is -2.43. The highest BCUT2D eigenvalue weighted by Crippen LogP contribution is 2.28. The second-order valence-corrected chi connectivity index (χ2v) is 9.81. The van der Waals surface area contributed by atoms with E-state index in [1.807, 2.05) is 40.9 Å². The lowest BCUT2D eigenvalue weighted by atomic mass is 9.95. The molecule has 0 spiro atoms. The Morgan fingerprint density at radius 3 is 2.55 bits per heavy atom. The van der Waals surface area contributed by atoms with E-state index in [-0.39, 0.29) is 5.91 Å². The molecule has 0 radical (unpaired) electrons. The Balaban J connectivity index is 1.51. The number of ether oxygens (including phenoxy) is 2. The number of hydrogen-bond donors (Lipinski definition) is 0. The number of carbonyl (C=O) groups is 1. The Morgan fingerprint density at radius 1 is 1.15 bits per heavy atom. The summed E-state index contributed by atoms with van der Waals surface area (Å²) >= 11 is 6.02. The fraction of sp³-hybridized carbons (Fsp3) is 0.600. The number of nitrogens with zero attached hydrogens (tertiary/aromatic N) is 4. The third-order valence-electron chi connectivity index (χ3n) is 6.87. The lowest BCUT2D eigenvalue weighted by Crippen LogP contribution is -2.57. The van der Waals surface area contributed by atoms with Crippen molar-refractivity contribution in [2.75, 3.05) is 39.4 Å². The van der Waals surface area contributed by atoms with Crippen molar-refractivity contribution in [1.29, 1.82) is 0 Å². The van der Waals surface area contributed by atoms with Gasteiger partial charge in [0.15, 0.2) is 0 Å². The van der Waals surface area contributed by atoms with Crippen LogP contribution in [0.4, 0.5) is 0 Å². The topological polar surface area (TPSA) is 59.8 Å². The van der Waals surface area contributed by atoms with Crippen molar-refractivity contribution in [2.45, 2.75) is 51.7 Å². The zero-order valence-electron chi connectivity index (χ0n) is 20.0. The predicted molar refractivity (Wildman–Crippen MR) is 129 cm³/mol. The fourth-order valence-corrected chi connectivity index (χ4v) is 4.98. The summed E-state index contributed by atoms with van der Waals surface area (Å²) in [4.78, 5) is 17.6. The molecule has 0 saturated carbocycles. The first-order chi connectivity index (χ1) is 15.8. The average molecular weight is 475 g/mol. The van der Waals surface area contributed by atoms with Crippen molar-refractivity contribution in [3.63, 3.8) is 0 Å². The van der Waals surface area contributed by atoms with E-state index < -0.39 is 5.60 Å². The van der Waals surface area contributed by atoms with Crippen LogP contribution in [0.1, 0.15) is 42.6 Å². The van der Waals surface area contributed by atoms with Crippen LogP contribution in [0, 0.1) is 13.8 Å². The Labute approximate surface area is 201 Å². The number of hydrogen-bond acceptors (Lipinski definition) is 5. The van der Waals surface area contributed by atoms with Gasteiger partial charge < -0.3 is 14.4 Å². The minimum absolute atomic E-state index is 0.157. The fourth-order valence-electron chi connectivity index (χ4n) is 4.85. The summed E-state index contributed by atoms with van der Waals surface area (Å²) in [5.74, 6) is 0.883. The normalized spacial score (nSPS) is 21.9. The minimum atomic E-state index is -0.698.